The summed E-state index contributed by atoms with van der Waals surface area (Å²) in [4.78, 5) is 0. The highest BCUT2D eigenvalue weighted by Crippen LogP contribution is 2.28. The Kier molecular flexibility index (Phi) is 4.35. The van der Waals surface area contributed by atoms with Crippen molar-refractivity contribution in [3.8, 4) is 0 Å². The standard InChI is InChI=1S/C15H31N3/c1-14(2)8-13(9-15(3,4)18-14)17-11-12-6-5-7-16-10-12/h12-13,16-18H,5-11H2,1-4H3. The first-order valence-corrected chi connectivity index (χ1v) is 7.60. The van der Waals surface area contributed by atoms with Crippen LogP contribution in [0.4, 0.5) is 0 Å². The van der Waals surface area contributed by atoms with Crippen molar-refractivity contribution in [2.45, 2.75) is 70.5 Å². The first kappa shape index (κ1) is 14.3. The fourth-order valence-electron chi connectivity index (χ4n) is 3.90. The Morgan fingerprint density at radius 3 is 2.33 bits per heavy atom. The quantitative estimate of drug-likeness (QED) is 0.719. The molecule has 0 aromatic carbocycles. The maximum absolute atomic E-state index is 3.82. The van der Waals surface area contributed by atoms with Gasteiger partial charge in [0.2, 0.25) is 0 Å². The molecule has 1 unspecified atom stereocenters. The third kappa shape index (κ3) is 4.22. The van der Waals surface area contributed by atoms with Crippen molar-refractivity contribution >= 4 is 0 Å². The van der Waals surface area contributed by atoms with Gasteiger partial charge in [-0.15, -0.1) is 0 Å². The fourth-order valence-corrected chi connectivity index (χ4v) is 3.90. The van der Waals surface area contributed by atoms with Gasteiger partial charge in [0.15, 0.2) is 0 Å². The molecule has 3 N–H and O–H groups in total. The van der Waals surface area contributed by atoms with Crippen LogP contribution in [0.2, 0.25) is 0 Å². The van der Waals surface area contributed by atoms with Crippen LogP contribution in [0.15, 0.2) is 0 Å². The minimum atomic E-state index is 0.254. The van der Waals surface area contributed by atoms with Crippen molar-refractivity contribution in [2.75, 3.05) is 19.6 Å². The lowest BCUT2D eigenvalue weighted by Gasteiger charge is -2.47. The average molecular weight is 253 g/mol. The van der Waals surface area contributed by atoms with E-state index < -0.39 is 0 Å². The monoisotopic (exact) mass is 253 g/mol. The van der Waals surface area contributed by atoms with Gasteiger partial charge in [-0.25, -0.2) is 0 Å². The average Bonchev–Trinajstić information content (AvgIpc) is 2.24. The van der Waals surface area contributed by atoms with Crippen LogP contribution in [0.25, 0.3) is 0 Å². The molecule has 0 bridgehead atoms. The predicted molar refractivity (Wildman–Crippen MR) is 77.9 cm³/mol. The van der Waals surface area contributed by atoms with Crippen molar-refractivity contribution in [3.05, 3.63) is 0 Å². The number of rotatable bonds is 3. The third-order valence-corrected chi connectivity index (χ3v) is 4.28. The zero-order valence-electron chi connectivity index (χ0n) is 12.6. The van der Waals surface area contributed by atoms with E-state index in [9.17, 15) is 0 Å². The molecule has 0 aromatic rings. The summed E-state index contributed by atoms with van der Waals surface area (Å²) in [6.07, 6.45) is 5.19. The van der Waals surface area contributed by atoms with E-state index in [0.29, 0.717) is 6.04 Å². The molecular formula is C15H31N3. The van der Waals surface area contributed by atoms with Gasteiger partial charge in [-0.05, 0) is 78.9 Å². The van der Waals surface area contributed by atoms with Crippen molar-refractivity contribution < 1.29 is 0 Å². The van der Waals surface area contributed by atoms with Gasteiger partial charge in [0, 0.05) is 17.1 Å². The molecule has 2 heterocycles. The minimum absolute atomic E-state index is 0.254. The molecule has 2 rings (SSSR count). The first-order valence-electron chi connectivity index (χ1n) is 7.60. The van der Waals surface area contributed by atoms with Crippen LogP contribution in [0.5, 0.6) is 0 Å². The molecule has 0 aliphatic carbocycles. The number of hydrogen-bond acceptors (Lipinski definition) is 3. The van der Waals surface area contributed by atoms with E-state index in [0.717, 1.165) is 5.92 Å². The largest absolute Gasteiger partial charge is 0.316 e. The molecule has 2 aliphatic heterocycles. The lowest BCUT2D eigenvalue weighted by molar-refractivity contribution is 0.142. The van der Waals surface area contributed by atoms with Gasteiger partial charge < -0.3 is 16.0 Å². The predicted octanol–water partition coefficient (Wildman–Crippen LogP) is 1.88. The number of nitrogens with one attached hydrogen (secondary N) is 3. The van der Waals surface area contributed by atoms with Gasteiger partial charge in [0.1, 0.15) is 0 Å². The van der Waals surface area contributed by atoms with Crippen LogP contribution < -0.4 is 16.0 Å². The van der Waals surface area contributed by atoms with Gasteiger partial charge in [-0.1, -0.05) is 0 Å². The summed E-state index contributed by atoms with van der Waals surface area (Å²) < 4.78 is 0. The van der Waals surface area contributed by atoms with Gasteiger partial charge in [-0.3, -0.25) is 0 Å². The Morgan fingerprint density at radius 1 is 1.11 bits per heavy atom. The maximum Gasteiger partial charge on any atom is 0.0144 e. The van der Waals surface area contributed by atoms with E-state index in [1.165, 1.54) is 45.3 Å². The SMILES string of the molecule is CC1(C)CC(NCC2CCCNC2)CC(C)(C)N1. The summed E-state index contributed by atoms with van der Waals surface area (Å²) in [5.41, 5.74) is 0.508. The number of hydrogen-bond donors (Lipinski definition) is 3. The second kappa shape index (κ2) is 5.48. The highest BCUT2D eigenvalue weighted by atomic mass is 15.1. The normalized spacial score (nSPS) is 32.3. The van der Waals surface area contributed by atoms with E-state index >= 15 is 0 Å². The second-order valence-corrected chi connectivity index (χ2v) is 7.62. The third-order valence-electron chi connectivity index (χ3n) is 4.28. The molecule has 0 amide bonds. The lowest BCUT2D eigenvalue weighted by atomic mass is 9.79. The summed E-state index contributed by atoms with van der Waals surface area (Å²) in [6.45, 7) is 12.9. The Bertz CT molecular complexity index is 251. The molecule has 0 saturated carbocycles. The Morgan fingerprint density at radius 2 is 1.78 bits per heavy atom. The smallest absolute Gasteiger partial charge is 0.0144 e. The highest BCUT2D eigenvalue weighted by molar-refractivity contribution is 4.99. The van der Waals surface area contributed by atoms with Crippen LogP contribution in [-0.2, 0) is 0 Å². The Labute approximate surface area is 112 Å². The molecular weight excluding hydrogens is 222 g/mol. The molecule has 2 saturated heterocycles. The van der Waals surface area contributed by atoms with Crippen molar-refractivity contribution in [1.29, 1.82) is 0 Å². The molecule has 0 spiro atoms. The highest BCUT2D eigenvalue weighted by Gasteiger charge is 2.37. The second-order valence-electron chi connectivity index (χ2n) is 7.62. The van der Waals surface area contributed by atoms with E-state index in [1.807, 2.05) is 0 Å². The van der Waals surface area contributed by atoms with Gasteiger partial charge in [0.25, 0.3) is 0 Å². The Hall–Kier alpha value is -0.120. The van der Waals surface area contributed by atoms with Crippen LogP contribution in [0, 0.1) is 5.92 Å². The molecule has 0 aromatic heterocycles. The topological polar surface area (TPSA) is 36.1 Å². The van der Waals surface area contributed by atoms with Gasteiger partial charge in [0.05, 0.1) is 0 Å². The zero-order valence-corrected chi connectivity index (χ0v) is 12.6. The van der Waals surface area contributed by atoms with Crippen LogP contribution in [0.3, 0.4) is 0 Å². The maximum atomic E-state index is 3.82. The molecule has 2 aliphatic rings. The van der Waals surface area contributed by atoms with Crippen LogP contribution in [0.1, 0.15) is 53.4 Å². The molecule has 1 atom stereocenters. The molecule has 2 fully saturated rings. The van der Waals surface area contributed by atoms with E-state index in [1.54, 1.807) is 0 Å². The van der Waals surface area contributed by atoms with Crippen LogP contribution in [-0.4, -0.2) is 36.8 Å². The van der Waals surface area contributed by atoms with Gasteiger partial charge >= 0.3 is 0 Å². The lowest BCUT2D eigenvalue weighted by Crippen LogP contribution is -2.62. The van der Waals surface area contributed by atoms with Gasteiger partial charge in [-0.2, -0.15) is 0 Å². The summed E-state index contributed by atoms with van der Waals surface area (Å²) in [5.74, 6) is 0.833. The van der Waals surface area contributed by atoms with Crippen molar-refractivity contribution in [2.24, 2.45) is 5.92 Å². The summed E-state index contributed by atoms with van der Waals surface area (Å²) >= 11 is 0. The van der Waals surface area contributed by atoms with Crippen LogP contribution >= 0.6 is 0 Å². The number of piperidine rings is 2. The minimum Gasteiger partial charge on any atom is -0.316 e. The zero-order chi connectivity index (χ0) is 13.2. The Balaban J connectivity index is 1.81. The molecule has 18 heavy (non-hydrogen) atoms. The van der Waals surface area contributed by atoms with E-state index in [2.05, 4.69) is 43.6 Å². The molecule has 3 heteroatoms. The molecule has 3 nitrogen and oxygen atoms in total. The molecule has 106 valence electrons. The fraction of sp³-hybridized carbons (Fsp3) is 1.00. The van der Waals surface area contributed by atoms with E-state index in [-0.39, 0.29) is 11.1 Å². The van der Waals surface area contributed by atoms with Crippen molar-refractivity contribution in [1.82, 2.24) is 16.0 Å². The van der Waals surface area contributed by atoms with Crippen molar-refractivity contribution in [3.63, 3.8) is 0 Å². The summed E-state index contributed by atoms with van der Waals surface area (Å²) in [7, 11) is 0. The first-order chi connectivity index (χ1) is 8.36. The van der Waals surface area contributed by atoms with E-state index in [4.69, 9.17) is 0 Å². The summed E-state index contributed by atoms with van der Waals surface area (Å²) in [5, 5.41) is 11.1. The molecule has 0 radical (unpaired) electrons. The summed E-state index contributed by atoms with van der Waals surface area (Å²) in [6, 6.07) is 0.665.